The SMILES string of the molecule is O=C(Nc1cccc(Cl)c1Cl)c1ccnc(C(=O)N2CCCCCC2)c1. The molecule has 1 aliphatic rings. The van der Waals surface area contributed by atoms with Crippen molar-refractivity contribution in [2.75, 3.05) is 18.4 Å². The molecule has 0 aliphatic carbocycles. The van der Waals surface area contributed by atoms with Gasteiger partial charge in [0.1, 0.15) is 5.69 Å². The zero-order valence-corrected chi connectivity index (χ0v) is 15.7. The van der Waals surface area contributed by atoms with Crippen LogP contribution in [-0.4, -0.2) is 34.8 Å². The van der Waals surface area contributed by atoms with Crippen molar-refractivity contribution in [2.24, 2.45) is 0 Å². The minimum absolute atomic E-state index is 0.137. The molecule has 1 aliphatic heterocycles. The Kier molecular flexibility index (Phi) is 6.12. The molecule has 0 atom stereocenters. The number of halogens is 2. The first-order valence-electron chi connectivity index (χ1n) is 8.57. The Balaban J connectivity index is 1.76. The zero-order valence-electron chi connectivity index (χ0n) is 14.2. The summed E-state index contributed by atoms with van der Waals surface area (Å²) in [6.07, 6.45) is 5.75. The topological polar surface area (TPSA) is 62.3 Å². The Labute approximate surface area is 162 Å². The van der Waals surface area contributed by atoms with Crippen molar-refractivity contribution in [3.05, 3.63) is 57.8 Å². The summed E-state index contributed by atoms with van der Waals surface area (Å²) in [7, 11) is 0. The number of carbonyl (C=O) groups excluding carboxylic acids is 2. The summed E-state index contributed by atoms with van der Waals surface area (Å²) >= 11 is 12.1. The molecule has 0 bridgehead atoms. The van der Waals surface area contributed by atoms with Crippen molar-refractivity contribution in [3.63, 3.8) is 0 Å². The smallest absolute Gasteiger partial charge is 0.272 e. The van der Waals surface area contributed by atoms with Gasteiger partial charge in [0, 0.05) is 24.8 Å². The second kappa shape index (κ2) is 8.52. The third-order valence-corrected chi connectivity index (χ3v) is 5.15. The van der Waals surface area contributed by atoms with Crippen LogP contribution in [0.5, 0.6) is 0 Å². The highest BCUT2D eigenvalue weighted by Crippen LogP contribution is 2.29. The number of anilines is 1. The first-order valence-corrected chi connectivity index (χ1v) is 9.32. The maximum atomic E-state index is 12.7. The number of likely N-dealkylation sites (tertiary alicyclic amines) is 1. The fraction of sp³-hybridized carbons (Fsp3) is 0.316. The number of nitrogens with zero attached hydrogens (tertiary/aromatic N) is 2. The van der Waals surface area contributed by atoms with Crippen LogP contribution in [0.3, 0.4) is 0 Å². The summed E-state index contributed by atoms with van der Waals surface area (Å²) in [6, 6.07) is 8.08. The first-order chi connectivity index (χ1) is 12.6. The van der Waals surface area contributed by atoms with Gasteiger partial charge in [0.15, 0.2) is 0 Å². The molecule has 1 aromatic carbocycles. The van der Waals surface area contributed by atoms with Crippen LogP contribution in [0.2, 0.25) is 10.0 Å². The average Bonchev–Trinajstić information content (AvgIpc) is 2.94. The summed E-state index contributed by atoms with van der Waals surface area (Å²) in [6.45, 7) is 1.46. The lowest BCUT2D eigenvalue weighted by Crippen LogP contribution is -2.32. The number of amides is 2. The Hall–Kier alpha value is -2.11. The molecule has 2 heterocycles. The number of pyridine rings is 1. The molecule has 1 aromatic heterocycles. The fourth-order valence-electron chi connectivity index (χ4n) is 2.92. The zero-order chi connectivity index (χ0) is 18.5. The van der Waals surface area contributed by atoms with Gasteiger partial charge in [0.05, 0.1) is 15.7 Å². The predicted octanol–water partition coefficient (Wildman–Crippen LogP) is 4.66. The second-order valence-electron chi connectivity index (χ2n) is 6.19. The molecule has 2 aromatic rings. The minimum Gasteiger partial charge on any atom is -0.337 e. The van der Waals surface area contributed by atoms with Gasteiger partial charge in [-0.15, -0.1) is 0 Å². The number of aromatic nitrogens is 1. The van der Waals surface area contributed by atoms with E-state index in [9.17, 15) is 9.59 Å². The van der Waals surface area contributed by atoms with E-state index in [2.05, 4.69) is 10.3 Å². The summed E-state index contributed by atoms with van der Waals surface area (Å²) < 4.78 is 0. The lowest BCUT2D eigenvalue weighted by molar-refractivity contribution is 0.0755. The molecule has 0 saturated carbocycles. The highest BCUT2D eigenvalue weighted by atomic mass is 35.5. The molecule has 2 amide bonds. The largest absolute Gasteiger partial charge is 0.337 e. The Morgan fingerprint density at radius 3 is 2.50 bits per heavy atom. The van der Waals surface area contributed by atoms with Crippen LogP contribution in [0.1, 0.15) is 46.5 Å². The van der Waals surface area contributed by atoms with E-state index >= 15 is 0 Å². The third kappa shape index (κ3) is 4.34. The lowest BCUT2D eigenvalue weighted by Gasteiger charge is -2.19. The number of benzene rings is 1. The van der Waals surface area contributed by atoms with E-state index in [-0.39, 0.29) is 22.5 Å². The minimum atomic E-state index is -0.374. The molecule has 1 fully saturated rings. The fourth-order valence-corrected chi connectivity index (χ4v) is 3.27. The Bertz CT molecular complexity index is 818. The molecule has 0 unspecified atom stereocenters. The van der Waals surface area contributed by atoms with Crippen molar-refractivity contribution in [2.45, 2.75) is 25.7 Å². The predicted molar refractivity (Wildman–Crippen MR) is 103 cm³/mol. The van der Waals surface area contributed by atoms with Gasteiger partial charge in [-0.05, 0) is 37.1 Å². The molecule has 7 heteroatoms. The maximum absolute atomic E-state index is 12.7. The van der Waals surface area contributed by atoms with Gasteiger partial charge >= 0.3 is 0 Å². The van der Waals surface area contributed by atoms with Crippen LogP contribution in [-0.2, 0) is 0 Å². The molecular formula is C19H19Cl2N3O2. The van der Waals surface area contributed by atoms with E-state index in [1.165, 1.54) is 12.3 Å². The highest BCUT2D eigenvalue weighted by Gasteiger charge is 2.20. The molecule has 1 saturated heterocycles. The van der Waals surface area contributed by atoms with Gasteiger partial charge in [-0.2, -0.15) is 0 Å². The van der Waals surface area contributed by atoms with Crippen molar-refractivity contribution >= 4 is 40.7 Å². The van der Waals surface area contributed by atoms with Crippen LogP contribution in [0, 0.1) is 0 Å². The van der Waals surface area contributed by atoms with Gasteiger partial charge < -0.3 is 10.2 Å². The van der Waals surface area contributed by atoms with Gasteiger partial charge in [-0.3, -0.25) is 14.6 Å². The van der Waals surface area contributed by atoms with Gasteiger partial charge in [0.25, 0.3) is 11.8 Å². The van der Waals surface area contributed by atoms with Crippen LogP contribution in [0.25, 0.3) is 0 Å². The molecule has 0 radical (unpaired) electrons. The standard InChI is InChI=1S/C19H19Cl2N3O2/c20-14-6-5-7-15(17(14)21)23-18(25)13-8-9-22-16(12-13)19(26)24-10-3-1-2-4-11-24/h5-9,12H,1-4,10-11H2,(H,23,25). The van der Waals surface area contributed by atoms with E-state index in [1.807, 2.05) is 4.90 Å². The maximum Gasteiger partial charge on any atom is 0.272 e. The van der Waals surface area contributed by atoms with Crippen LogP contribution < -0.4 is 5.32 Å². The monoisotopic (exact) mass is 391 g/mol. The molecular weight excluding hydrogens is 373 g/mol. The summed E-state index contributed by atoms with van der Waals surface area (Å²) in [5, 5.41) is 3.35. The highest BCUT2D eigenvalue weighted by molar-refractivity contribution is 6.44. The van der Waals surface area contributed by atoms with E-state index in [0.29, 0.717) is 16.3 Å². The van der Waals surface area contributed by atoms with Crippen LogP contribution in [0.15, 0.2) is 36.5 Å². The van der Waals surface area contributed by atoms with Crippen molar-refractivity contribution in [3.8, 4) is 0 Å². The van der Waals surface area contributed by atoms with Crippen LogP contribution >= 0.6 is 23.2 Å². The van der Waals surface area contributed by atoms with Gasteiger partial charge in [-0.1, -0.05) is 42.1 Å². The van der Waals surface area contributed by atoms with E-state index < -0.39 is 0 Å². The number of hydrogen-bond acceptors (Lipinski definition) is 3. The summed E-state index contributed by atoms with van der Waals surface area (Å²) in [5.41, 5.74) is 1.03. The molecule has 136 valence electrons. The van der Waals surface area contributed by atoms with E-state index in [4.69, 9.17) is 23.2 Å². The lowest BCUT2D eigenvalue weighted by atomic mass is 10.2. The Morgan fingerprint density at radius 1 is 1.04 bits per heavy atom. The normalized spacial score (nSPS) is 14.6. The number of hydrogen-bond donors (Lipinski definition) is 1. The second-order valence-corrected chi connectivity index (χ2v) is 6.98. The van der Waals surface area contributed by atoms with Crippen molar-refractivity contribution in [1.29, 1.82) is 0 Å². The molecule has 5 nitrogen and oxygen atoms in total. The molecule has 26 heavy (non-hydrogen) atoms. The van der Waals surface area contributed by atoms with E-state index in [1.54, 1.807) is 24.3 Å². The molecule has 3 rings (SSSR count). The third-order valence-electron chi connectivity index (χ3n) is 4.33. The van der Waals surface area contributed by atoms with Gasteiger partial charge in [0.2, 0.25) is 0 Å². The van der Waals surface area contributed by atoms with E-state index in [0.717, 1.165) is 38.8 Å². The molecule has 1 N–H and O–H groups in total. The van der Waals surface area contributed by atoms with Crippen molar-refractivity contribution < 1.29 is 9.59 Å². The molecule has 0 spiro atoms. The number of nitrogens with one attached hydrogen (secondary N) is 1. The first kappa shape index (κ1) is 18.7. The quantitative estimate of drug-likeness (QED) is 0.827. The van der Waals surface area contributed by atoms with Crippen LogP contribution in [0.4, 0.5) is 5.69 Å². The average molecular weight is 392 g/mol. The van der Waals surface area contributed by atoms with Gasteiger partial charge in [-0.25, -0.2) is 0 Å². The van der Waals surface area contributed by atoms with Crippen molar-refractivity contribution in [1.82, 2.24) is 9.88 Å². The summed E-state index contributed by atoms with van der Waals surface area (Å²) in [4.78, 5) is 31.2. The summed E-state index contributed by atoms with van der Waals surface area (Å²) in [5.74, 6) is -0.510. The Morgan fingerprint density at radius 2 is 1.77 bits per heavy atom. The number of carbonyl (C=O) groups is 2. The number of rotatable bonds is 3.